The molecule has 0 saturated heterocycles. The van der Waals surface area contributed by atoms with Crippen LogP contribution in [0.4, 0.5) is 9.93 Å². The fraction of sp³-hybridized carbons (Fsp3) is 0.105. The van der Waals surface area contributed by atoms with Gasteiger partial charge in [-0.2, -0.15) is 5.10 Å². The Morgan fingerprint density at radius 1 is 1.22 bits per heavy atom. The number of nitrogens with zero attached hydrogens (tertiary/aromatic N) is 2. The summed E-state index contributed by atoms with van der Waals surface area (Å²) in [5, 5.41) is 12.9. The van der Waals surface area contributed by atoms with Gasteiger partial charge in [-0.1, -0.05) is 29.5 Å². The molecule has 2 aromatic heterocycles. The van der Waals surface area contributed by atoms with Crippen molar-refractivity contribution in [2.75, 3.05) is 12.4 Å². The monoisotopic (exact) mass is 379 g/mol. The maximum Gasteiger partial charge on any atom is 0.321 e. The number of nitrogens with one attached hydrogen (secondary N) is 3. The Labute approximate surface area is 159 Å². The smallest absolute Gasteiger partial charge is 0.321 e. The average Bonchev–Trinajstić information content (AvgIpc) is 3.35. The Kier molecular flexibility index (Phi) is 4.71. The lowest BCUT2D eigenvalue weighted by Crippen LogP contribution is -2.28. The largest absolute Gasteiger partial charge is 0.497 e. The molecule has 27 heavy (non-hydrogen) atoms. The zero-order valence-electron chi connectivity index (χ0n) is 14.5. The second-order valence-corrected chi connectivity index (χ2v) is 6.88. The van der Waals surface area contributed by atoms with E-state index in [1.54, 1.807) is 13.3 Å². The van der Waals surface area contributed by atoms with E-state index in [2.05, 4.69) is 25.8 Å². The third-order valence-electron chi connectivity index (χ3n) is 4.03. The molecule has 0 radical (unpaired) electrons. The van der Waals surface area contributed by atoms with Gasteiger partial charge >= 0.3 is 6.03 Å². The number of rotatable bonds is 5. The number of H-pyrrole nitrogens is 1. The van der Waals surface area contributed by atoms with E-state index in [4.69, 9.17) is 4.74 Å². The first-order chi connectivity index (χ1) is 13.2. The minimum atomic E-state index is -0.299. The van der Waals surface area contributed by atoms with Gasteiger partial charge in [0, 0.05) is 18.3 Å². The first-order valence-corrected chi connectivity index (χ1v) is 9.10. The summed E-state index contributed by atoms with van der Waals surface area (Å²) in [7, 11) is 1.62. The van der Waals surface area contributed by atoms with Gasteiger partial charge in [-0.25, -0.2) is 9.78 Å². The number of anilines is 1. The summed E-state index contributed by atoms with van der Waals surface area (Å²) in [6.07, 6.45) is 3.61. The molecule has 0 bridgehead atoms. The summed E-state index contributed by atoms with van der Waals surface area (Å²) >= 11 is 1.43. The van der Waals surface area contributed by atoms with Crippen LogP contribution in [0, 0.1) is 0 Å². The SMILES string of the molecule is COc1cccc(CNC(=O)Nc2nc3ccc(-c4cn[nH]c4)cc3s2)c1. The van der Waals surface area contributed by atoms with Gasteiger partial charge in [0.25, 0.3) is 0 Å². The molecule has 0 aliphatic carbocycles. The van der Waals surface area contributed by atoms with E-state index in [9.17, 15) is 4.79 Å². The lowest BCUT2D eigenvalue weighted by molar-refractivity contribution is 0.251. The number of urea groups is 1. The number of amides is 2. The van der Waals surface area contributed by atoms with Crippen molar-refractivity contribution >= 4 is 32.7 Å². The van der Waals surface area contributed by atoms with Crippen molar-refractivity contribution in [3.05, 3.63) is 60.4 Å². The highest BCUT2D eigenvalue weighted by Gasteiger charge is 2.09. The van der Waals surface area contributed by atoms with Gasteiger partial charge in [-0.15, -0.1) is 0 Å². The normalized spacial score (nSPS) is 10.7. The number of aromatic amines is 1. The first kappa shape index (κ1) is 17.0. The van der Waals surface area contributed by atoms with Gasteiger partial charge in [0.1, 0.15) is 5.75 Å². The van der Waals surface area contributed by atoms with Crippen LogP contribution in [0.15, 0.2) is 54.9 Å². The molecule has 4 rings (SSSR count). The van der Waals surface area contributed by atoms with E-state index < -0.39 is 0 Å². The highest BCUT2D eigenvalue weighted by molar-refractivity contribution is 7.22. The third-order valence-corrected chi connectivity index (χ3v) is 4.96. The number of thiazole rings is 1. The van der Waals surface area contributed by atoms with Crippen LogP contribution in [0.25, 0.3) is 21.3 Å². The minimum Gasteiger partial charge on any atom is -0.497 e. The number of aromatic nitrogens is 3. The van der Waals surface area contributed by atoms with Gasteiger partial charge in [0.15, 0.2) is 5.13 Å². The van der Waals surface area contributed by atoms with Gasteiger partial charge < -0.3 is 10.1 Å². The van der Waals surface area contributed by atoms with E-state index in [1.165, 1.54) is 11.3 Å². The Bertz CT molecular complexity index is 1070. The summed E-state index contributed by atoms with van der Waals surface area (Å²) in [5.41, 5.74) is 3.86. The quantitative estimate of drug-likeness (QED) is 0.488. The zero-order chi connectivity index (χ0) is 18.6. The van der Waals surface area contributed by atoms with E-state index in [0.717, 1.165) is 32.7 Å². The molecule has 2 heterocycles. The molecule has 0 atom stereocenters. The van der Waals surface area contributed by atoms with Crippen LogP contribution < -0.4 is 15.4 Å². The lowest BCUT2D eigenvalue weighted by Gasteiger charge is -2.07. The van der Waals surface area contributed by atoms with Crippen molar-refractivity contribution in [2.24, 2.45) is 0 Å². The molecule has 0 aliphatic rings. The van der Waals surface area contributed by atoms with E-state index >= 15 is 0 Å². The molecule has 0 fully saturated rings. The maximum absolute atomic E-state index is 12.2. The average molecular weight is 379 g/mol. The summed E-state index contributed by atoms with van der Waals surface area (Å²) in [6.45, 7) is 0.401. The lowest BCUT2D eigenvalue weighted by atomic mass is 10.1. The molecule has 0 aliphatic heterocycles. The third kappa shape index (κ3) is 3.90. The van der Waals surface area contributed by atoms with Gasteiger partial charge in [0.2, 0.25) is 0 Å². The fourth-order valence-electron chi connectivity index (χ4n) is 2.67. The Balaban J connectivity index is 1.42. The molecule has 7 nitrogen and oxygen atoms in total. The Morgan fingerprint density at radius 3 is 2.96 bits per heavy atom. The second kappa shape index (κ2) is 7.46. The molecule has 136 valence electrons. The standard InChI is InChI=1S/C19H17N5O2S/c1-26-15-4-2-3-12(7-15)9-20-18(25)24-19-23-16-6-5-13(8-17(16)27-19)14-10-21-22-11-14/h2-8,10-11H,9H2,1H3,(H,21,22)(H2,20,23,24,25). The van der Waals surface area contributed by atoms with Gasteiger partial charge in [-0.05, 0) is 35.4 Å². The molecular weight excluding hydrogens is 362 g/mol. The molecular formula is C19H17N5O2S. The van der Waals surface area contributed by atoms with E-state index in [-0.39, 0.29) is 6.03 Å². The highest BCUT2D eigenvalue weighted by atomic mass is 32.1. The number of benzene rings is 2. The van der Waals surface area contributed by atoms with Gasteiger partial charge in [-0.3, -0.25) is 10.4 Å². The second-order valence-electron chi connectivity index (χ2n) is 5.85. The number of ether oxygens (including phenoxy) is 1. The highest BCUT2D eigenvalue weighted by Crippen LogP contribution is 2.30. The predicted molar refractivity (Wildman–Crippen MR) is 106 cm³/mol. The van der Waals surface area contributed by atoms with Crippen LogP contribution in [0.5, 0.6) is 5.75 Å². The summed E-state index contributed by atoms with van der Waals surface area (Å²) < 4.78 is 6.18. The number of carbonyl (C=O) groups is 1. The minimum absolute atomic E-state index is 0.299. The molecule has 2 amide bonds. The van der Waals surface area contributed by atoms with Crippen molar-refractivity contribution in [1.82, 2.24) is 20.5 Å². The number of methoxy groups -OCH3 is 1. The first-order valence-electron chi connectivity index (χ1n) is 8.29. The van der Waals surface area contributed by atoms with Crippen LogP contribution in [0.2, 0.25) is 0 Å². The van der Waals surface area contributed by atoms with Gasteiger partial charge in [0.05, 0.1) is 23.5 Å². The van der Waals surface area contributed by atoms with Crippen LogP contribution in [0.1, 0.15) is 5.56 Å². The maximum atomic E-state index is 12.2. The molecule has 8 heteroatoms. The molecule has 0 unspecified atom stereocenters. The molecule has 3 N–H and O–H groups in total. The number of hydrogen-bond acceptors (Lipinski definition) is 5. The van der Waals surface area contributed by atoms with Crippen LogP contribution >= 0.6 is 11.3 Å². The topological polar surface area (TPSA) is 91.9 Å². The van der Waals surface area contributed by atoms with Crippen molar-refractivity contribution in [2.45, 2.75) is 6.54 Å². The summed E-state index contributed by atoms with van der Waals surface area (Å²) in [5.74, 6) is 0.759. The van der Waals surface area contributed by atoms with E-state index in [1.807, 2.05) is 48.7 Å². The van der Waals surface area contributed by atoms with Crippen LogP contribution in [0.3, 0.4) is 0 Å². The Hall–Kier alpha value is -3.39. The van der Waals surface area contributed by atoms with Crippen LogP contribution in [-0.4, -0.2) is 28.3 Å². The summed E-state index contributed by atoms with van der Waals surface area (Å²) in [6, 6.07) is 13.2. The van der Waals surface area contributed by atoms with Crippen molar-refractivity contribution in [3.8, 4) is 16.9 Å². The molecule has 4 aromatic rings. The predicted octanol–water partition coefficient (Wildman–Crippen LogP) is 4.02. The number of fused-ring (bicyclic) bond motifs is 1. The molecule has 0 saturated carbocycles. The molecule has 2 aromatic carbocycles. The van der Waals surface area contributed by atoms with Crippen LogP contribution in [-0.2, 0) is 6.54 Å². The Morgan fingerprint density at radius 2 is 2.15 bits per heavy atom. The van der Waals surface area contributed by atoms with Crippen molar-refractivity contribution in [1.29, 1.82) is 0 Å². The van der Waals surface area contributed by atoms with Crippen molar-refractivity contribution < 1.29 is 9.53 Å². The summed E-state index contributed by atoms with van der Waals surface area (Å²) in [4.78, 5) is 16.6. The van der Waals surface area contributed by atoms with E-state index in [0.29, 0.717) is 11.7 Å². The number of hydrogen-bond donors (Lipinski definition) is 3. The van der Waals surface area contributed by atoms with Crippen molar-refractivity contribution in [3.63, 3.8) is 0 Å². The number of carbonyl (C=O) groups excluding carboxylic acids is 1. The molecule has 0 spiro atoms. The fourth-order valence-corrected chi connectivity index (χ4v) is 3.57. The zero-order valence-corrected chi connectivity index (χ0v) is 15.3.